The van der Waals surface area contributed by atoms with Crippen molar-refractivity contribution in [2.45, 2.75) is 44.7 Å². The normalized spacial score (nSPS) is 32.1. The van der Waals surface area contributed by atoms with E-state index >= 15 is 0 Å². The summed E-state index contributed by atoms with van der Waals surface area (Å²) in [6.07, 6.45) is 3.50. The van der Waals surface area contributed by atoms with Gasteiger partial charge >= 0.3 is 0 Å². The number of aliphatic hydroxyl groups is 1. The summed E-state index contributed by atoms with van der Waals surface area (Å²) >= 11 is 0. The summed E-state index contributed by atoms with van der Waals surface area (Å²) in [5.74, 6) is 0. The third-order valence-corrected chi connectivity index (χ3v) is 6.57. The molecular formula is C13H27N3O3S. The highest BCUT2D eigenvalue weighted by Gasteiger charge is 2.39. The molecule has 2 aliphatic rings. The van der Waals surface area contributed by atoms with Crippen LogP contribution in [0.1, 0.15) is 32.6 Å². The van der Waals surface area contributed by atoms with E-state index in [4.69, 9.17) is 0 Å². The van der Waals surface area contributed by atoms with Crippen molar-refractivity contribution >= 4 is 10.2 Å². The summed E-state index contributed by atoms with van der Waals surface area (Å²) in [5.41, 5.74) is 0. The molecule has 0 aliphatic carbocycles. The molecule has 0 aromatic carbocycles. The fourth-order valence-corrected chi connectivity index (χ4v) is 5.35. The van der Waals surface area contributed by atoms with Gasteiger partial charge in [0.25, 0.3) is 10.2 Å². The van der Waals surface area contributed by atoms with E-state index < -0.39 is 10.2 Å². The molecule has 2 rings (SSSR count). The summed E-state index contributed by atoms with van der Waals surface area (Å²) < 4.78 is 29.0. The summed E-state index contributed by atoms with van der Waals surface area (Å²) in [7, 11) is -1.43. The van der Waals surface area contributed by atoms with E-state index in [2.05, 4.69) is 4.90 Å². The predicted molar refractivity (Wildman–Crippen MR) is 78.6 cm³/mol. The van der Waals surface area contributed by atoms with Gasteiger partial charge in [-0.3, -0.25) is 0 Å². The van der Waals surface area contributed by atoms with E-state index in [1.807, 2.05) is 14.0 Å². The Bertz CT molecular complexity index is 415. The lowest BCUT2D eigenvalue weighted by Gasteiger charge is -2.38. The first-order valence-corrected chi connectivity index (χ1v) is 8.94. The summed E-state index contributed by atoms with van der Waals surface area (Å²) in [4.78, 5) is 2.18. The number of hydrogen-bond acceptors (Lipinski definition) is 4. The molecule has 0 aromatic rings. The summed E-state index contributed by atoms with van der Waals surface area (Å²) in [6, 6.07) is -0.268. The molecule has 20 heavy (non-hydrogen) atoms. The maximum absolute atomic E-state index is 12.9. The van der Waals surface area contributed by atoms with E-state index in [-0.39, 0.29) is 18.7 Å². The van der Waals surface area contributed by atoms with Crippen molar-refractivity contribution in [3.8, 4) is 0 Å². The Kier molecular flexibility index (Phi) is 5.42. The molecule has 0 radical (unpaired) electrons. The Morgan fingerprint density at radius 1 is 1.10 bits per heavy atom. The number of piperidine rings is 1. The van der Waals surface area contributed by atoms with Gasteiger partial charge in [-0.15, -0.1) is 0 Å². The first-order chi connectivity index (χ1) is 9.46. The summed E-state index contributed by atoms with van der Waals surface area (Å²) in [6.45, 7) is 4.68. The van der Waals surface area contributed by atoms with Crippen LogP contribution in [0.3, 0.4) is 0 Å². The lowest BCUT2D eigenvalue weighted by molar-refractivity contribution is 0.144. The molecule has 2 heterocycles. The van der Waals surface area contributed by atoms with Crippen LogP contribution in [0.4, 0.5) is 0 Å². The van der Waals surface area contributed by atoms with Gasteiger partial charge in [-0.1, -0.05) is 6.42 Å². The van der Waals surface area contributed by atoms with Crippen LogP contribution in [0, 0.1) is 0 Å². The molecule has 0 aromatic heterocycles. The molecule has 0 spiro atoms. The monoisotopic (exact) mass is 305 g/mol. The van der Waals surface area contributed by atoms with Gasteiger partial charge in [-0.05, 0) is 39.8 Å². The number of likely N-dealkylation sites (N-methyl/N-ethyl adjacent to an activating group) is 1. The van der Waals surface area contributed by atoms with Gasteiger partial charge in [0.15, 0.2) is 0 Å². The highest BCUT2D eigenvalue weighted by Crippen LogP contribution is 2.24. The largest absolute Gasteiger partial charge is 0.395 e. The molecule has 0 amide bonds. The average molecular weight is 305 g/mol. The SMILES string of the molecule is CC1CN(C)CCCN1S(=O)(=O)N1CCCCC1CO. The summed E-state index contributed by atoms with van der Waals surface area (Å²) in [5, 5.41) is 9.45. The Morgan fingerprint density at radius 2 is 1.80 bits per heavy atom. The van der Waals surface area contributed by atoms with Gasteiger partial charge in [-0.2, -0.15) is 17.0 Å². The molecule has 118 valence electrons. The van der Waals surface area contributed by atoms with Gasteiger partial charge in [0.2, 0.25) is 0 Å². The third kappa shape index (κ3) is 3.33. The fraction of sp³-hybridized carbons (Fsp3) is 1.00. The average Bonchev–Trinajstić information content (AvgIpc) is 2.59. The Labute approximate surface area is 122 Å². The quantitative estimate of drug-likeness (QED) is 0.803. The minimum Gasteiger partial charge on any atom is -0.395 e. The van der Waals surface area contributed by atoms with Crippen LogP contribution in [0.2, 0.25) is 0 Å². The molecule has 0 saturated carbocycles. The van der Waals surface area contributed by atoms with Crippen molar-refractivity contribution in [1.82, 2.24) is 13.5 Å². The number of hydrogen-bond donors (Lipinski definition) is 1. The fourth-order valence-electron chi connectivity index (χ4n) is 3.29. The van der Waals surface area contributed by atoms with Crippen molar-refractivity contribution in [3.63, 3.8) is 0 Å². The first-order valence-electron chi connectivity index (χ1n) is 7.55. The van der Waals surface area contributed by atoms with Crippen molar-refractivity contribution < 1.29 is 13.5 Å². The van der Waals surface area contributed by atoms with Gasteiger partial charge in [0.05, 0.1) is 6.61 Å². The molecule has 7 heteroatoms. The van der Waals surface area contributed by atoms with Crippen LogP contribution in [-0.2, 0) is 10.2 Å². The molecule has 2 atom stereocenters. The molecule has 2 aliphatic heterocycles. The minimum atomic E-state index is -3.46. The van der Waals surface area contributed by atoms with E-state index in [0.717, 1.165) is 38.8 Å². The Balaban J connectivity index is 2.19. The molecule has 1 N–H and O–H groups in total. The molecule has 0 bridgehead atoms. The van der Waals surface area contributed by atoms with Crippen LogP contribution in [-0.4, -0.2) is 79.0 Å². The predicted octanol–water partition coefficient (Wildman–Crippen LogP) is 0.104. The molecule has 2 unspecified atom stereocenters. The smallest absolute Gasteiger partial charge is 0.282 e. The van der Waals surface area contributed by atoms with Crippen molar-refractivity contribution in [3.05, 3.63) is 0 Å². The maximum Gasteiger partial charge on any atom is 0.282 e. The number of rotatable bonds is 3. The van der Waals surface area contributed by atoms with Crippen molar-refractivity contribution in [2.24, 2.45) is 0 Å². The standard InChI is InChI=1S/C13H27N3O3S/c1-12-10-14(2)7-5-9-15(12)20(18,19)16-8-4-3-6-13(16)11-17/h12-13,17H,3-11H2,1-2H3. The number of aliphatic hydroxyl groups excluding tert-OH is 1. The van der Waals surface area contributed by atoms with Crippen LogP contribution in [0.25, 0.3) is 0 Å². The second-order valence-electron chi connectivity index (χ2n) is 6.03. The molecule has 2 fully saturated rings. The molecule has 6 nitrogen and oxygen atoms in total. The van der Waals surface area contributed by atoms with Gasteiger partial charge in [-0.25, -0.2) is 0 Å². The highest BCUT2D eigenvalue weighted by molar-refractivity contribution is 7.86. The Morgan fingerprint density at radius 3 is 2.50 bits per heavy atom. The number of nitrogens with zero attached hydrogens (tertiary/aromatic N) is 3. The Hall–Kier alpha value is -0.210. The minimum absolute atomic E-state index is 0.0197. The topological polar surface area (TPSA) is 64.1 Å². The lowest BCUT2D eigenvalue weighted by Crippen LogP contribution is -2.54. The third-order valence-electron chi connectivity index (χ3n) is 4.36. The highest BCUT2D eigenvalue weighted by atomic mass is 32.2. The van der Waals surface area contributed by atoms with Crippen LogP contribution < -0.4 is 0 Å². The van der Waals surface area contributed by atoms with Gasteiger partial charge in [0, 0.05) is 31.7 Å². The zero-order valence-electron chi connectivity index (χ0n) is 12.5. The van der Waals surface area contributed by atoms with E-state index in [1.165, 1.54) is 4.31 Å². The van der Waals surface area contributed by atoms with E-state index in [9.17, 15) is 13.5 Å². The lowest BCUT2D eigenvalue weighted by atomic mass is 10.1. The molecular weight excluding hydrogens is 278 g/mol. The zero-order chi connectivity index (χ0) is 14.8. The van der Waals surface area contributed by atoms with Crippen LogP contribution in [0.5, 0.6) is 0 Å². The van der Waals surface area contributed by atoms with Crippen LogP contribution in [0.15, 0.2) is 0 Å². The van der Waals surface area contributed by atoms with Crippen molar-refractivity contribution in [1.29, 1.82) is 0 Å². The molecule has 2 saturated heterocycles. The first kappa shape index (κ1) is 16.2. The second-order valence-corrected chi connectivity index (χ2v) is 7.86. The van der Waals surface area contributed by atoms with Gasteiger partial charge < -0.3 is 10.0 Å². The van der Waals surface area contributed by atoms with Crippen LogP contribution >= 0.6 is 0 Å². The van der Waals surface area contributed by atoms with Crippen molar-refractivity contribution in [2.75, 3.05) is 39.8 Å². The van der Waals surface area contributed by atoms with E-state index in [1.54, 1.807) is 4.31 Å². The maximum atomic E-state index is 12.9. The zero-order valence-corrected chi connectivity index (χ0v) is 13.3. The van der Waals surface area contributed by atoms with E-state index in [0.29, 0.717) is 13.1 Å². The second kappa shape index (κ2) is 6.70. The van der Waals surface area contributed by atoms with Gasteiger partial charge in [0.1, 0.15) is 0 Å².